The van der Waals surface area contributed by atoms with E-state index in [2.05, 4.69) is 24.1 Å². The lowest BCUT2D eigenvalue weighted by molar-refractivity contribution is 0.00254. The normalized spacial score (nSPS) is 26.8. The van der Waals surface area contributed by atoms with Crippen LogP contribution in [0.15, 0.2) is 0 Å². The van der Waals surface area contributed by atoms with Crippen LogP contribution in [0.1, 0.15) is 58.8 Å². The number of halogens is 1. The van der Waals surface area contributed by atoms with E-state index in [0.717, 1.165) is 19.6 Å². The van der Waals surface area contributed by atoms with Gasteiger partial charge in [0.2, 0.25) is 0 Å². The van der Waals surface area contributed by atoms with Crippen molar-refractivity contribution in [2.75, 3.05) is 26.3 Å². The Hall–Kier alpha value is -0.150. The summed E-state index contributed by atoms with van der Waals surface area (Å²) in [6.07, 6.45) is 8.34. The molecule has 106 valence electrons. The van der Waals surface area contributed by atoms with Crippen molar-refractivity contribution in [1.82, 2.24) is 10.2 Å². The van der Waals surface area contributed by atoms with E-state index in [9.17, 15) is 4.39 Å². The number of alkyl halides is 1. The number of piperazine rings is 1. The van der Waals surface area contributed by atoms with Crippen LogP contribution in [-0.2, 0) is 0 Å². The standard InChI is InChI=1S/C15H29FN2/c1-3-14(4-2)13-18(11-7-10-16)15(12-17-14)8-5-6-9-15/h17H,3-13H2,1-2H3. The molecule has 2 nitrogen and oxygen atoms in total. The van der Waals surface area contributed by atoms with Crippen molar-refractivity contribution in [3.63, 3.8) is 0 Å². The van der Waals surface area contributed by atoms with Gasteiger partial charge in [-0.15, -0.1) is 0 Å². The van der Waals surface area contributed by atoms with Crippen LogP contribution < -0.4 is 5.32 Å². The molecular formula is C15H29FN2. The van der Waals surface area contributed by atoms with Gasteiger partial charge in [0, 0.05) is 30.7 Å². The summed E-state index contributed by atoms with van der Waals surface area (Å²) >= 11 is 0. The summed E-state index contributed by atoms with van der Waals surface area (Å²) in [6.45, 7) is 7.54. The van der Waals surface area contributed by atoms with Gasteiger partial charge in [-0.05, 0) is 32.1 Å². The molecule has 1 aliphatic heterocycles. The molecule has 2 fully saturated rings. The van der Waals surface area contributed by atoms with E-state index in [1.54, 1.807) is 0 Å². The monoisotopic (exact) mass is 256 g/mol. The minimum Gasteiger partial charge on any atom is -0.308 e. The van der Waals surface area contributed by atoms with Crippen molar-refractivity contribution < 1.29 is 4.39 Å². The first-order chi connectivity index (χ1) is 8.70. The molecule has 2 aliphatic rings. The van der Waals surface area contributed by atoms with Crippen molar-refractivity contribution in [2.24, 2.45) is 0 Å². The van der Waals surface area contributed by atoms with Crippen LogP contribution in [-0.4, -0.2) is 42.3 Å². The predicted molar refractivity (Wildman–Crippen MR) is 74.7 cm³/mol. The Bertz CT molecular complexity index is 257. The van der Waals surface area contributed by atoms with Gasteiger partial charge in [0.15, 0.2) is 0 Å². The van der Waals surface area contributed by atoms with Gasteiger partial charge in [0.05, 0.1) is 6.67 Å². The Morgan fingerprint density at radius 1 is 1.17 bits per heavy atom. The lowest BCUT2D eigenvalue weighted by atomic mass is 9.82. The Kier molecular flexibility index (Phi) is 4.65. The van der Waals surface area contributed by atoms with Crippen LogP contribution in [0.2, 0.25) is 0 Å². The van der Waals surface area contributed by atoms with E-state index in [-0.39, 0.29) is 12.2 Å². The second-order valence-electron chi connectivity index (χ2n) is 6.24. The number of hydrogen-bond acceptors (Lipinski definition) is 2. The lowest BCUT2D eigenvalue weighted by Crippen LogP contribution is -2.69. The zero-order chi connectivity index (χ0) is 13.1. The largest absolute Gasteiger partial charge is 0.308 e. The molecule has 0 bridgehead atoms. The third-order valence-electron chi connectivity index (χ3n) is 5.41. The quantitative estimate of drug-likeness (QED) is 0.813. The third-order valence-corrected chi connectivity index (χ3v) is 5.41. The van der Waals surface area contributed by atoms with Crippen molar-refractivity contribution >= 4 is 0 Å². The van der Waals surface area contributed by atoms with Crippen LogP contribution in [0.5, 0.6) is 0 Å². The van der Waals surface area contributed by atoms with Gasteiger partial charge in [0.25, 0.3) is 0 Å². The summed E-state index contributed by atoms with van der Waals surface area (Å²) in [5.41, 5.74) is 0.618. The van der Waals surface area contributed by atoms with Crippen molar-refractivity contribution in [2.45, 2.75) is 69.9 Å². The van der Waals surface area contributed by atoms with Crippen LogP contribution >= 0.6 is 0 Å². The number of hydrogen-bond donors (Lipinski definition) is 1. The van der Waals surface area contributed by atoms with E-state index in [1.807, 2.05) is 0 Å². The summed E-state index contributed by atoms with van der Waals surface area (Å²) in [5.74, 6) is 0. The molecule has 2 rings (SSSR count). The fourth-order valence-corrected chi connectivity index (χ4v) is 3.87. The maximum atomic E-state index is 12.5. The lowest BCUT2D eigenvalue weighted by Gasteiger charge is -2.53. The molecule has 0 radical (unpaired) electrons. The molecule has 1 spiro atoms. The molecule has 1 aliphatic carbocycles. The highest BCUT2D eigenvalue weighted by atomic mass is 19.1. The smallest absolute Gasteiger partial charge is 0.0906 e. The molecule has 18 heavy (non-hydrogen) atoms. The van der Waals surface area contributed by atoms with Gasteiger partial charge in [-0.1, -0.05) is 26.7 Å². The van der Waals surface area contributed by atoms with Crippen LogP contribution in [0.4, 0.5) is 4.39 Å². The van der Waals surface area contributed by atoms with E-state index in [0.29, 0.717) is 12.0 Å². The van der Waals surface area contributed by atoms with Gasteiger partial charge >= 0.3 is 0 Å². The number of nitrogens with one attached hydrogen (secondary N) is 1. The first-order valence-corrected chi connectivity index (χ1v) is 7.76. The Balaban J connectivity index is 2.09. The summed E-state index contributed by atoms with van der Waals surface area (Å²) in [5, 5.41) is 3.84. The molecule has 0 amide bonds. The van der Waals surface area contributed by atoms with Crippen molar-refractivity contribution in [3.05, 3.63) is 0 Å². The topological polar surface area (TPSA) is 15.3 Å². The van der Waals surface area contributed by atoms with Gasteiger partial charge in [-0.3, -0.25) is 9.29 Å². The maximum absolute atomic E-state index is 12.5. The number of rotatable bonds is 5. The van der Waals surface area contributed by atoms with Crippen LogP contribution in [0, 0.1) is 0 Å². The first-order valence-electron chi connectivity index (χ1n) is 7.76. The Labute approximate surface area is 111 Å². The van der Waals surface area contributed by atoms with E-state index < -0.39 is 0 Å². The molecule has 0 aromatic carbocycles. The van der Waals surface area contributed by atoms with Gasteiger partial charge < -0.3 is 5.32 Å². The maximum Gasteiger partial charge on any atom is 0.0906 e. The summed E-state index contributed by atoms with van der Waals surface area (Å²) in [7, 11) is 0. The highest BCUT2D eigenvalue weighted by Crippen LogP contribution is 2.39. The SMILES string of the molecule is CCC1(CC)CN(CCCF)C2(CCCC2)CN1. The molecular weight excluding hydrogens is 227 g/mol. The average molecular weight is 256 g/mol. The zero-order valence-corrected chi connectivity index (χ0v) is 12.1. The van der Waals surface area contributed by atoms with Gasteiger partial charge in [-0.25, -0.2) is 0 Å². The Morgan fingerprint density at radius 2 is 1.83 bits per heavy atom. The second-order valence-corrected chi connectivity index (χ2v) is 6.24. The number of nitrogens with zero attached hydrogens (tertiary/aromatic N) is 1. The third kappa shape index (κ3) is 2.57. The van der Waals surface area contributed by atoms with Gasteiger partial charge in [-0.2, -0.15) is 0 Å². The highest BCUT2D eigenvalue weighted by Gasteiger charge is 2.46. The predicted octanol–water partition coefficient (Wildman–Crippen LogP) is 3.12. The fraction of sp³-hybridized carbons (Fsp3) is 1.00. The van der Waals surface area contributed by atoms with E-state index in [1.165, 1.54) is 38.5 Å². The molecule has 1 saturated heterocycles. The minimum atomic E-state index is -0.175. The van der Waals surface area contributed by atoms with Gasteiger partial charge in [0.1, 0.15) is 0 Å². The summed E-state index contributed by atoms with van der Waals surface area (Å²) < 4.78 is 12.5. The molecule has 0 aromatic rings. The Morgan fingerprint density at radius 3 is 2.39 bits per heavy atom. The first kappa shape index (κ1) is 14.3. The highest BCUT2D eigenvalue weighted by molar-refractivity contribution is 5.06. The minimum absolute atomic E-state index is 0.175. The molecule has 3 heteroatoms. The van der Waals surface area contributed by atoms with Crippen molar-refractivity contribution in [1.29, 1.82) is 0 Å². The van der Waals surface area contributed by atoms with E-state index in [4.69, 9.17) is 0 Å². The molecule has 0 atom stereocenters. The molecule has 1 heterocycles. The summed E-state index contributed by atoms with van der Waals surface area (Å²) in [6, 6.07) is 0. The molecule has 0 unspecified atom stereocenters. The van der Waals surface area contributed by atoms with Crippen molar-refractivity contribution in [3.8, 4) is 0 Å². The fourth-order valence-electron chi connectivity index (χ4n) is 3.87. The second kappa shape index (κ2) is 5.87. The van der Waals surface area contributed by atoms with Crippen LogP contribution in [0.25, 0.3) is 0 Å². The van der Waals surface area contributed by atoms with E-state index >= 15 is 0 Å². The molecule has 0 aromatic heterocycles. The molecule has 1 N–H and O–H groups in total. The molecule has 1 saturated carbocycles. The van der Waals surface area contributed by atoms with Crippen LogP contribution in [0.3, 0.4) is 0 Å². The average Bonchev–Trinajstić information content (AvgIpc) is 2.88. The zero-order valence-electron chi connectivity index (χ0n) is 12.1. The summed E-state index contributed by atoms with van der Waals surface area (Å²) in [4.78, 5) is 2.63.